The van der Waals surface area contributed by atoms with Gasteiger partial charge in [-0.15, -0.1) is 0 Å². The molecule has 0 unspecified atom stereocenters. The van der Waals surface area contributed by atoms with Gasteiger partial charge < -0.3 is 5.32 Å². The third-order valence-corrected chi connectivity index (χ3v) is 7.86. The van der Waals surface area contributed by atoms with Crippen molar-refractivity contribution in [2.45, 2.75) is 25.8 Å². The highest BCUT2D eigenvalue weighted by molar-refractivity contribution is 7.86. The quantitative estimate of drug-likeness (QED) is 0.797. The Kier molecular flexibility index (Phi) is 5.82. The highest BCUT2D eigenvalue weighted by atomic mass is 32.2. The number of benzene rings is 1. The first-order valence-corrected chi connectivity index (χ1v) is 11.5. The van der Waals surface area contributed by atoms with Crippen LogP contribution in [0.3, 0.4) is 0 Å². The zero-order chi connectivity index (χ0) is 20.4. The molecular formula is C20H27N5O3S. The molecule has 0 aliphatic carbocycles. The lowest BCUT2D eigenvalue weighted by molar-refractivity contribution is -0.121. The van der Waals surface area contributed by atoms with Crippen LogP contribution in [-0.4, -0.2) is 78.1 Å². The Bertz CT molecular complexity index is 977. The van der Waals surface area contributed by atoms with Gasteiger partial charge in [0.1, 0.15) is 0 Å². The number of aromatic nitrogens is 1. The van der Waals surface area contributed by atoms with E-state index in [4.69, 9.17) is 0 Å². The minimum absolute atomic E-state index is 0.0998. The molecule has 29 heavy (non-hydrogen) atoms. The number of amides is 1. The molecule has 1 aromatic carbocycles. The van der Waals surface area contributed by atoms with Gasteiger partial charge in [-0.3, -0.25) is 14.7 Å². The molecule has 0 bridgehead atoms. The number of carbonyl (C=O) groups is 1. The van der Waals surface area contributed by atoms with Crippen LogP contribution >= 0.6 is 0 Å². The van der Waals surface area contributed by atoms with Crippen LogP contribution in [0.2, 0.25) is 0 Å². The maximum Gasteiger partial charge on any atom is 0.282 e. The second-order valence-electron chi connectivity index (χ2n) is 7.59. The highest BCUT2D eigenvalue weighted by Crippen LogP contribution is 2.22. The zero-order valence-corrected chi connectivity index (χ0v) is 17.4. The van der Waals surface area contributed by atoms with Crippen molar-refractivity contribution >= 4 is 32.7 Å². The third-order valence-electron chi connectivity index (χ3n) is 5.82. The first-order valence-electron chi connectivity index (χ1n) is 10.1. The fourth-order valence-electron chi connectivity index (χ4n) is 4.02. The zero-order valence-electron chi connectivity index (χ0n) is 16.6. The average molecular weight is 418 g/mol. The lowest BCUT2D eigenvalue weighted by atomic mass is 10.1. The van der Waals surface area contributed by atoms with Gasteiger partial charge in [0.25, 0.3) is 10.2 Å². The predicted octanol–water partition coefficient (Wildman–Crippen LogP) is 1.52. The molecule has 2 saturated heterocycles. The number of hydrogen-bond donors (Lipinski definition) is 1. The van der Waals surface area contributed by atoms with Crippen molar-refractivity contribution in [1.82, 2.24) is 18.5 Å². The third kappa shape index (κ3) is 4.13. The normalized spacial score (nSPS) is 20.7. The van der Waals surface area contributed by atoms with Crippen molar-refractivity contribution in [3.63, 3.8) is 0 Å². The van der Waals surface area contributed by atoms with Gasteiger partial charge in [0.2, 0.25) is 5.91 Å². The first kappa shape index (κ1) is 20.2. The van der Waals surface area contributed by atoms with Gasteiger partial charge in [-0.2, -0.15) is 17.0 Å². The van der Waals surface area contributed by atoms with E-state index < -0.39 is 10.2 Å². The van der Waals surface area contributed by atoms with Crippen molar-refractivity contribution in [3.05, 3.63) is 36.5 Å². The van der Waals surface area contributed by atoms with Crippen LogP contribution in [0.1, 0.15) is 19.8 Å². The van der Waals surface area contributed by atoms with Crippen LogP contribution in [0.5, 0.6) is 0 Å². The van der Waals surface area contributed by atoms with Crippen molar-refractivity contribution in [2.75, 3.05) is 44.6 Å². The van der Waals surface area contributed by atoms with E-state index in [9.17, 15) is 13.2 Å². The summed E-state index contributed by atoms with van der Waals surface area (Å²) in [5.74, 6) is -0.0998. The van der Waals surface area contributed by atoms with Crippen LogP contribution in [0.4, 0.5) is 5.69 Å². The molecule has 2 aromatic rings. The molecule has 1 aromatic heterocycles. The molecule has 0 saturated carbocycles. The van der Waals surface area contributed by atoms with Crippen molar-refractivity contribution in [1.29, 1.82) is 0 Å². The van der Waals surface area contributed by atoms with Gasteiger partial charge in [-0.05, 0) is 44.0 Å². The van der Waals surface area contributed by atoms with Crippen LogP contribution < -0.4 is 5.32 Å². The largest absolute Gasteiger partial charge is 0.324 e. The van der Waals surface area contributed by atoms with Crippen LogP contribution in [-0.2, 0) is 15.0 Å². The summed E-state index contributed by atoms with van der Waals surface area (Å²) in [5, 5.41) is 3.91. The highest BCUT2D eigenvalue weighted by Gasteiger charge is 2.35. The Morgan fingerprint density at radius 3 is 2.41 bits per heavy atom. The number of nitrogens with one attached hydrogen (secondary N) is 1. The SMILES string of the molecule is C[C@H](C(=O)Nc1cccc2ncccc12)N1CCN(S(=O)(=O)N2CCCC2)CC1. The number of piperazine rings is 1. The number of fused-ring (bicyclic) bond motifs is 1. The summed E-state index contributed by atoms with van der Waals surface area (Å²) >= 11 is 0. The molecule has 0 spiro atoms. The number of carbonyl (C=O) groups excluding carboxylic acids is 1. The molecule has 1 atom stereocenters. The second kappa shape index (κ2) is 8.35. The van der Waals surface area contributed by atoms with Crippen LogP contribution in [0, 0.1) is 0 Å². The molecule has 4 rings (SSSR count). The average Bonchev–Trinajstić information content (AvgIpc) is 3.29. The second-order valence-corrected chi connectivity index (χ2v) is 9.52. The van der Waals surface area contributed by atoms with E-state index in [0.29, 0.717) is 39.3 Å². The first-order chi connectivity index (χ1) is 14.0. The van der Waals surface area contributed by atoms with Gasteiger partial charge in [0.15, 0.2) is 0 Å². The summed E-state index contributed by atoms with van der Waals surface area (Å²) in [6.45, 7) is 4.99. The van der Waals surface area contributed by atoms with Crippen LogP contribution in [0.25, 0.3) is 10.9 Å². The van der Waals surface area contributed by atoms with E-state index in [2.05, 4.69) is 10.3 Å². The molecular weight excluding hydrogens is 390 g/mol. The monoisotopic (exact) mass is 417 g/mol. The Labute approximate surface area is 171 Å². The maximum absolute atomic E-state index is 12.8. The molecule has 2 fully saturated rings. The molecule has 2 aliphatic rings. The van der Waals surface area contributed by atoms with E-state index in [1.54, 1.807) is 14.8 Å². The van der Waals surface area contributed by atoms with Gasteiger partial charge in [0.05, 0.1) is 17.2 Å². The van der Waals surface area contributed by atoms with Gasteiger partial charge in [0, 0.05) is 50.9 Å². The Hall–Kier alpha value is -2.07. The van der Waals surface area contributed by atoms with Gasteiger partial charge >= 0.3 is 0 Å². The molecule has 156 valence electrons. The minimum Gasteiger partial charge on any atom is -0.324 e. The molecule has 1 amide bonds. The Morgan fingerprint density at radius 2 is 1.69 bits per heavy atom. The topological polar surface area (TPSA) is 85.9 Å². The smallest absolute Gasteiger partial charge is 0.282 e. The van der Waals surface area contributed by atoms with E-state index in [1.807, 2.05) is 42.2 Å². The van der Waals surface area contributed by atoms with Gasteiger partial charge in [-0.25, -0.2) is 0 Å². The van der Waals surface area contributed by atoms with Crippen molar-refractivity contribution < 1.29 is 13.2 Å². The molecule has 1 N–H and O–H groups in total. The summed E-state index contributed by atoms with van der Waals surface area (Å²) in [4.78, 5) is 19.2. The van der Waals surface area contributed by atoms with E-state index in [1.165, 1.54) is 0 Å². The molecule has 9 heteroatoms. The lowest BCUT2D eigenvalue weighted by Crippen LogP contribution is -2.56. The van der Waals surface area contributed by atoms with Gasteiger partial charge in [-0.1, -0.05) is 6.07 Å². The summed E-state index contributed by atoms with van der Waals surface area (Å²) < 4.78 is 28.6. The summed E-state index contributed by atoms with van der Waals surface area (Å²) in [6.07, 6.45) is 3.59. The van der Waals surface area contributed by atoms with E-state index >= 15 is 0 Å². The molecule has 0 radical (unpaired) electrons. The summed E-state index contributed by atoms with van der Waals surface area (Å²) in [5.41, 5.74) is 1.57. The molecule has 2 aliphatic heterocycles. The summed E-state index contributed by atoms with van der Waals surface area (Å²) in [7, 11) is -3.37. The number of rotatable bonds is 5. The fourth-order valence-corrected chi connectivity index (χ4v) is 5.69. The molecule has 8 nitrogen and oxygen atoms in total. The molecule has 3 heterocycles. The lowest BCUT2D eigenvalue weighted by Gasteiger charge is -2.38. The fraction of sp³-hybridized carbons (Fsp3) is 0.500. The number of pyridine rings is 1. The minimum atomic E-state index is -3.37. The van der Waals surface area contributed by atoms with Crippen molar-refractivity contribution in [2.24, 2.45) is 0 Å². The maximum atomic E-state index is 12.8. The Morgan fingerprint density at radius 1 is 1.00 bits per heavy atom. The van der Waals surface area contributed by atoms with E-state index in [-0.39, 0.29) is 11.9 Å². The van der Waals surface area contributed by atoms with Crippen LogP contribution in [0.15, 0.2) is 36.5 Å². The predicted molar refractivity (Wildman–Crippen MR) is 113 cm³/mol. The Balaban J connectivity index is 1.38. The summed E-state index contributed by atoms with van der Waals surface area (Å²) in [6, 6.07) is 9.09. The standard InChI is InChI=1S/C20H27N5O3S/c1-16(20(26)22-19-8-4-7-18-17(19)6-5-9-21-18)23-12-14-25(15-13-23)29(27,28)24-10-2-3-11-24/h4-9,16H,2-3,10-15H2,1H3,(H,22,26)/t16-/m1/s1. The number of hydrogen-bond acceptors (Lipinski definition) is 5. The van der Waals surface area contributed by atoms with E-state index in [0.717, 1.165) is 29.4 Å². The number of anilines is 1. The number of nitrogens with zero attached hydrogens (tertiary/aromatic N) is 4. The van der Waals surface area contributed by atoms with Crippen molar-refractivity contribution in [3.8, 4) is 0 Å².